The second-order valence-corrected chi connectivity index (χ2v) is 3.22. The Labute approximate surface area is 75.5 Å². The van der Waals surface area contributed by atoms with Crippen molar-refractivity contribution in [2.75, 3.05) is 18.1 Å². The fraction of sp³-hybridized carbons (Fsp3) is 0.667. The quantitative estimate of drug-likeness (QED) is 0.397. The highest BCUT2D eigenvalue weighted by Crippen LogP contribution is 2.09. The first-order chi connectivity index (χ1) is 5.96. The number of anilines is 1. The molecule has 1 atom stereocenters. The minimum atomic E-state index is -1.03. The topological polar surface area (TPSA) is 129 Å². The van der Waals surface area contributed by atoms with Crippen molar-refractivity contribution in [3.63, 3.8) is 0 Å². The Morgan fingerprint density at radius 2 is 2.15 bits per heavy atom. The monoisotopic (exact) mass is 186 g/mol. The Morgan fingerprint density at radius 3 is 2.54 bits per heavy atom. The predicted molar refractivity (Wildman–Crippen MR) is 48.0 cm³/mol. The lowest BCUT2D eigenvalue weighted by atomic mass is 10.0. The number of hydrogen-bond acceptors (Lipinski definition) is 6. The minimum absolute atomic E-state index is 0.114. The average molecular weight is 186 g/mol. The fourth-order valence-corrected chi connectivity index (χ4v) is 0.871. The van der Waals surface area contributed by atoms with Crippen molar-refractivity contribution in [3.05, 3.63) is 5.82 Å². The molecule has 0 aliphatic carbocycles. The molecule has 0 bridgehead atoms. The zero-order valence-electron chi connectivity index (χ0n) is 7.44. The molecule has 13 heavy (non-hydrogen) atoms. The Morgan fingerprint density at radius 1 is 1.54 bits per heavy atom. The first kappa shape index (κ1) is 9.75. The van der Waals surface area contributed by atoms with Crippen LogP contribution >= 0.6 is 0 Å². The fourth-order valence-electron chi connectivity index (χ4n) is 0.871. The molecule has 0 aromatic carbocycles. The molecule has 0 radical (unpaired) electrons. The molecule has 1 aromatic heterocycles. The van der Waals surface area contributed by atoms with E-state index in [1.54, 1.807) is 6.92 Å². The molecule has 1 heterocycles. The molecular weight excluding hydrogens is 172 g/mol. The zero-order valence-corrected chi connectivity index (χ0v) is 7.44. The Kier molecular flexibility index (Phi) is 2.39. The lowest BCUT2D eigenvalue weighted by molar-refractivity contribution is 0.0669. The van der Waals surface area contributed by atoms with E-state index in [1.165, 1.54) is 0 Å². The molecule has 1 rings (SSSR count). The van der Waals surface area contributed by atoms with Gasteiger partial charge in [-0.2, -0.15) is 0 Å². The third kappa shape index (κ3) is 2.07. The summed E-state index contributed by atoms with van der Waals surface area (Å²) in [4.78, 5) is 0. The van der Waals surface area contributed by atoms with Gasteiger partial charge in [-0.15, -0.1) is 10.2 Å². The maximum atomic E-state index is 9.61. The minimum Gasteiger partial charge on any atom is -0.388 e. The van der Waals surface area contributed by atoms with Crippen LogP contribution in [0.2, 0.25) is 0 Å². The van der Waals surface area contributed by atoms with E-state index in [0.717, 1.165) is 4.68 Å². The van der Waals surface area contributed by atoms with E-state index in [2.05, 4.69) is 10.2 Å². The lowest BCUT2D eigenvalue weighted by Crippen LogP contribution is -2.38. The zero-order chi connectivity index (χ0) is 10.1. The van der Waals surface area contributed by atoms with E-state index in [4.69, 9.17) is 17.3 Å². The summed E-state index contributed by atoms with van der Waals surface area (Å²) in [7, 11) is 0. The molecule has 7 heteroatoms. The van der Waals surface area contributed by atoms with Crippen LogP contribution in [0.1, 0.15) is 12.7 Å². The third-order valence-electron chi connectivity index (χ3n) is 1.77. The molecule has 0 spiro atoms. The number of nitrogen functional groups attached to an aromatic ring is 2. The largest absolute Gasteiger partial charge is 0.388 e. The van der Waals surface area contributed by atoms with Crippen molar-refractivity contribution in [3.8, 4) is 0 Å². The summed E-state index contributed by atoms with van der Waals surface area (Å²) < 4.78 is 1.13. The van der Waals surface area contributed by atoms with Gasteiger partial charge in [-0.1, -0.05) is 0 Å². The van der Waals surface area contributed by atoms with Crippen molar-refractivity contribution in [2.24, 2.45) is 5.73 Å². The Bertz CT molecular complexity index is 293. The molecule has 1 aromatic rings. The molecule has 0 amide bonds. The summed E-state index contributed by atoms with van der Waals surface area (Å²) >= 11 is 0. The molecule has 0 fully saturated rings. The van der Waals surface area contributed by atoms with E-state index in [0.29, 0.717) is 5.82 Å². The molecule has 7 N–H and O–H groups in total. The van der Waals surface area contributed by atoms with Crippen molar-refractivity contribution < 1.29 is 5.11 Å². The summed E-state index contributed by atoms with van der Waals surface area (Å²) in [5, 5.41) is 16.9. The molecule has 7 nitrogen and oxygen atoms in total. The highest BCUT2D eigenvalue weighted by molar-refractivity contribution is 5.17. The van der Waals surface area contributed by atoms with Gasteiger partial charge in [0.25, 0.3) is 0 Å². The van der Waals surface area contributed by atoms with Crippen LogP contribution in [0.4, 0.5) is 5.95 Å². The predicted octanol–water partition coefficient (Wildman–Crippen LogP) is -2.17. The Hall–Kier alpha value is -1.34. The molecule has 74 valence electrons. The van der Waals surface area contributed by atoms with Crippen molar-refractivity contribution >= 4 is 5.95 Å². The summed E-state index contributed by atoms with van der Waals surface area (Å²) in [6, 6.07) is 0. The average Bonchev–Trinajstić information content (AvgIpc) is 2.36. The van der Waals surface area contributed by atoms with Gasteiger partial charge in [0.1, 0.15) is 0 Å². The van der Waals surface area contributed by atoms with Crippen LogP contribution in [0, 0.1) is 0 Å². The number of aliphatic hydroxyl groups is 1. The van der Waals surface area contributed by atoms with Crippen LogP contribution in [0.15, 0.2) is 0 Å². The van der Waals surface area contributed by atoms with Crippen molar-refractivity contribution in [2.45, 2.75) is 18.9 Å². The van der Waals surface area contributed by atoms with E-state index < -0.39 is 5.60 Å². The van der Waals surface area contributed by atoms with Crippen LogP contribution in [0.5, 0.6) is 0 Å². The standard InChI is InChI=1S/C6H14N6O/c1-6(13,3-7)2-4-10-11-5(8)12(4)9/h13H,2-3,7,9H2,1H3,(H2,8,11). The van der Waals surface area contributed by atoms with Gasteiger partial charge in [0.05, 0.1) is 5.60 Å². The van der Waals surface area contributed by atoms with Gasteiger partial charge in [0, 0.05) is 13.0 Å². The maximum absolute atomic E-state index is 9.61. The van der Waals surface area contributed by atoms with Crippen LogP contribution < -0.4 is 17.3 Å². The second kappa shape index (κ2) is 3.19. The first-order valence-electron chi connectivity index (χ1n) is 3.83. The maximum Gasteiger partial charge on any atom is 0.240 e. The third-order valence-corrected chi connectivity index (χ3v) is 1.77. The van der Waals surface area contributed by atoms with E-state index in [9.17, 15) is 5.11 Å². The highest BCUT2D eigenvalue weighted by Gasteiger charge is 2.22. The molecule has 0 aliphatic heterocycles. The number of hydrogen-bond donors (Lipinski definition) is 4. The molecule has 0 saturated carbocycles. The molecular formula is C6H14N6O. The van der Waals surface area contributed by atoms with Crippen LogP contribution in [0.25, 0.3) is 0 Å². The highest BCUT2D eigenvalue weighted by atomic mass is 16.3. The van der Waals surface area contributed by atoms with Crippen LogP contribution in [-0.4, -0.2) is 32.1 Å². The number of nitrogens with two attached hydrogens (primary N) is 3. The SMILES string of the molecule is CC(O)(CN)Cc1nnc(N)n1N. The lowest BCUT2D eigenvalue weighted by Gasteiger charge is -2.19. The number of nitrogens with zero attached hydrogens (tertiary/aromatic N) is 3. The Balaban J connectivity index is 2.80. The normalized spacial score (nSPS) is 15.6. The van der Waals surface area contributed by atoms with Gasteiger partial charge >= 0.3 is 0 Å². The number of aromatic nitrogens is 3. The van der Waals surface area contributed by atoms with Gasteiger partial charge in [0.2, 0.25) is 5.95 Å². The van der Waals surface area contributed by atoms with Gasteiger partial charge < -0.3 is 22.4 Å². The van der Waals surface area contributed by atoms with Gasteiger partial charge in [-0.25, -0.2) is 4.68 Å². The first-order valence-corrected chi connectivity index (χ1v) is 3.83. The van der Waals surface area contributed by atoms with E-state index in [1.807, 2.05) is 0 Å². The molecule has 1 unspecified atom stereocenters. The second-order valence-electron chi connectivity index (χ2n) is 3.22. The summed E-state index contributed by atoms with van der Waals surface area (Å²) in [6.07, 6.45) is 0.226. The van der Waals surface area contributed by atoms with Crippen molar-refractivity contribution in [1.29, 1.82) is 0 Å². The summed E-state index contributed by atoms with van der Waals surface area (Å²) in [5.74, 6) is 6.00. The van der Waals surface area contributed by atoms with Gasteiger partial charge in [0.15, 0.2) is 5.82 Å². The van der Waals surface area contributed by atoms with Crippen LogP contribution in [0.3, 0.4) is 0 Å². The number of rotatable bonds is 3. The van der Waals surface area contributed by atoms with Crippen molar-refractivity contribution in [1.82, 2.24) is 14.9 Å². The van der Waals surface area contributed by atoms with Gasteiger partial charge in [-0.3, -0.25) is 0 Å². The molecule has 0 saturated heterocycles. The summed E-state index contributed by atoms with van der Waals surface area (Å²) in [5.41, 5.74) is 9.65. The smallest absolute Gasteiger partial charge is 0.240 e. The van der Waals surface area contributed by atoms with Gasteiger partial charge in [-0.05, 0) is 6.92 Å². The van der Waals surface area contributed by atoms with E-state index in [-0.39, 0.29) is 18.9 Å². The molecule has 0 aliphatic rings. The van der Waals surface area contributed by atoms with Crippen LogP contribution in [-0.2, 0) is 6.42 Å². The van der Waals surface area contributed by atoms with E-state index >= 15 is 0 Å². The summed E-state index contributed by atoms with van der Waals surface area (Å²) in [6.45, 7) is 1.72.